The van der Waals surface area contributed by atoms with Crippen LogP contribution in [0.5, 0.6) is 0 Å². The molecule has 0 bridgehead atoms. The summed E-state index contributed by atoms with van der Waals surface area (Å²) in [5.74, 6) is 0.0914. The van der Waals surface area contributed by atoms with Crippen LogP contribution in [-0.4, -0.2) is 17.0 Å². The molecule has 6 heteroatoms. The van der Waals surface area contributed by atoms with Crippen molar-refractivity contribution in [2.75, 3.05) is 12.4 Å². The van der Waals surface area contributed by atoms with E-state index in [1.54, 1.807) is 18.4 Å². The summed E-state index contributed by atoms with van der Waals surface area (Å²) >= 11 is 1.57. The van der Waals surface area contributed by atoms with Crippen molar-refractivity contribution < 1.29 is 8.78 Å². The first-order chi connectivity index (χ1) is 10.0. The monoisotopic (exact) mass is 305 g/mol. The molecule has 0 unspecified atom stereocenters. The summed E-state index contributed by atoms with van der Waals surface area (Å²) in [5, 5.41) is 4.01. The van der Waals surface area contributed by atoms with E-state index < -0.39 is 11.6 Å². The molecule has 2 aromatic heterocycles. The number of benzene rings is 1. The summed E-state index contributed by atoms with van der Waals surface area (Å²) < 4.78 is 26.5. The smallest absolute Gasteiger partial charge is 0.138 e. The highest BCUT2D eigenvalue weighted by Crippen LogP contribution is 2.28. The minimum Gasteiger partial charge on any atom is -0.372 e. The zero-order valence-corrected chi connectivity index (χ0v) is 12.4. The molecule has 3 aromatic rings. The molecule has 0 radical (unpaired) electrons. The lowest BCUT2D eigenvalue weighted by atomic mass is 10.1. The molecular weight excluding hydrogens is 292 g/mol. The summed E-state index contributed by atoms with van der Waals surface area (Å²) in [4.78, 5) is 10.9. The predicted molar refractivity (Wildman–Crippen MR) is 80.9 cm³/mol. The third kappa shape index (κ3) is 2.85. The van der Waals surface area contributed by atoms with Crippen LogP contribution in [0.25, 0.3) is 10.2 Å². The van der Waals surface area contributed by atoms with Gasteiger partial charge in [-0.25, -0.2) is 18.7 Å². The van der Waals surface area contributed by atoms with Gasteiger partial charge in [-0.15, -0.1) is 11.3 Å². The third-order valence-corrected chi connectivity index (χ3v) is 4.03. The van der Waals surface area contributed by atoms with Gasteiger partial charge in [0.05, 0.1) is 5.39 Å². The Hall–Kier alpha value is -2.08. The lowest BCUT2D eigenvalue weighted by Crippen LogP contribution is -2.02. The summed E-state index contributed by atoms with van der Waals surface area (Å²) in [7, 11) is 1.79. The number of hydrogen-bond acceptors (Lipinski definition) is 4. The molecule has 3 nitrogen and oxygen atoms in total. The first-order valence-corrected chi connectivity index (χ1v) is 7.26. The van der Waals surface area contributed by atoms with Crippen LogP contribution < -0.4 is 5.32 Å². The van der Waals surface area contributed by atoms with Crippen LogP contribution >= 0.6 is 11.3 Å². The van der Waals surface area contributed by atoms with Crippen LogP contribution in [0.1, 0.15) is 16.3 Å². The number of thiophene rings is 1. The Morgan fingerprint density at radius 2 is 1.81 bits per heavy atom. The van der Waals surface area contributed by atoms with Crippen molar-refractivity contribution in [3.8, 4) is 0 Å². The van der Waals surface area contributed by atoms with Gasteiger partial charge in [-0.2, -0.15) is 0 Å². The van der Waals surface area contributed by atoms with Crippen LogP contribution in [-0.2, 0) is 6.42 Å². The van der Waals surface area contributed by atoms with E-state index in [-0.39, 0.29) is 6.42 Å². The van der Waals surface area contributed by atoms with E-state index in [1.807, 2.05) is 13.0 Å². The van der Waals surface area contributed by atoms with Gasteiger partial charge in [-0.1, -0.05) is 0 Å². The molecular formula is C15H13F2N3S. The molecule has 3 rings (SSSR count). The molecule has 0 amide bonds. The second kappa shape index (κ2) is 5.37. The van der Waals surface area contributed by atoms with E-state index in [2.05, 4.69) is 15.3 Å². The van der Waals surface area contributed by atoms with E-state index in [0.29, 0.717) is 11.4 Å². The number of anilines is 1. The van der Waals surface area contributed by atoms with E-state index in [1.165, 1.54) is 12.1 Å². The van der Waals surface area contributed by atoms with Crippen LogP contribution in [0.15, 0.2) is 24.3 Å². The minimum atomic E-state index is -0.591. The number of nitrogens with one attached hydrogen (secondary N) is 1. The second-order valence-corrected chi connectivity index (χ2v) is 6.00. The normalized spacial score (nSPS) is 11.0. The molecule has 0 aliphatic carbocycles. The average molecular weight is 305 g/mol. The number of aryl methyl sites for hydroxylation is 1. The number of rotatable bonds is 3. The second-order valence-electron chi connectivity index (χ2n) is 4.77. The van der Waals surface area contributed by atoms with Gasteiger partial charge in [0.15, 0.2) is 0 Å². The molecule has 1 N–H and O–H groups in total. The van der Waals surface area contributed by atoms with Crippen LogP contribution in [0.2, 0.25) is 0 Å². The van der Waals surface area contributed by atoms with Crippen molar-refractivity contribution in [2.45, 2.75) is 13.3 Å². The molecule has 0 spiro atoms. The highest BCUT2D eigenvalue weighted by atomic mass is 32.1. The van der Waals surface area contributed by atoms with E-state index in [0.717, 1.165) is 27.0 Å². The van der Waals surface area contributed by atoms with Gasteiger partial charge >= 0.3 is 0 Å². The average Bonchev–Trinajstić information content (AvgIpc) is 2.76. The third-order valence-electron chi connectivity index (χ3n) is 3.08. The van der Waals surface area contributed by atoms with Crippen LogP contribution in [0, 0.1) is 18.6 Å². The Morgan fingerprint density at radius 3 is 2.48 bits per heavy atom. The fourth-order valence-corrected chi connectivity index (χ4v) is 3.15. The zero-order chi connectivity index (χ0) is 15.0. The number of aromatic nitrogens is 2. The van der Waals surface area contributed by atoms with Crippen molar-refractivity contribution in [1.29, 1.82) is 0 Å². The molecule has 0 fully saturated rings. The van der Waals surface area contributed by atoms with Crippen molar-refractivity contribution in [2.24, 2.45) is 0 Å². The fourth-order valence-electron chi connectivity index (χ4n) is 2.25. The number of nitrogens with zero attached hydrogens (tertiary/aromatic N) is 2. The van der Waals surface area contributed by atoms with Crippen molar-refractivity contribution >= 4 is 27.4 Å². The van der Waals surface area contributed by atoms with Gasteiger partial charge in [-0.3, -0.25) is 0 Å². The number of hydrogen-bond donors (Lipinski definition) is 1. The maximum atomic E-state index is 13.2. The van der Waals surface area contributed by atoms with Crippen molar-refractivity contribution in [3.63, 3.8) is 0 Å². The Bertz CT molecular complexity index is 794. The topological polar surface area (TPSA) is 37.8 Å². The van der Waals surface area contributed by atoms with Crippen LogP contribution in [0.4, 0.5) is 14.6 Å². The maximum Gasteiger partial charge on any atom is 0.138 e. The van der Waals surface area contributed by atoms with Gasteiger partial charge < -0.3 is 5.32 Å². The zero-order valence-electron chi connectivity index (χ0n) is 11.6. The molecule has 0 saturated carbocycles. The quantitative estimate of drug-likeness (QED) is 0.797. The molecule has 0 atom stereocenters. The van der Waals surface area contributed by atoms with E-state index >= 15 is 0 Å². The summed E-state index contributed by atoms with van der Waals surface area (Å²) in [6.45, 7) is 2.01. The lowest BCUT2D eigenvalue weighted by Gasteiger charge is -2.06. The van der Waals surface area contributed by atoms with Crippen molar-refractivity contribution in [1.82, 2.24) is 9.97 Å². The summed E-state index contributed by atoms with van der Waals surface area (Å²) in [6.07, 6.45) is 0.288. The summed E-state index contributed by atoms with van der Waals surface area (Å²) in [5.41, 5.74) is 0.516. The molecule has 1 aromatic carbocycles. The standard InChI is InChI=1S/C15H13F2N3S/c1-8-3-12-14(18-2)19-13(20-15(12)21-8)6-9-4-10(16)7-11(17)5-9/h3-5,7H,6H2,1-2H3,(H,18,19,20). The molecule has 108 valence electrons. The number of halogens is 2. The van der Waals surface area contributed by atoms with Crippen molar-refractivity contribution in [3.05, 3.63) is 52.2 Å². The van der Waals surface area contributed by atoms with E-state index in [9.17, 15) is 8.78 Å². The minimum absolute atomic E-state index is 0.288. The van der Waals surface area contributed by atoms with Gasteiger partial charge in [-0.05, 0) is 30.7 Å². The highest BCUT2D eigenvalue weighted by Gasteiger charge is 2.11. The largest absolute Gasteiger partial charge is 0.372 e. The Balaban J connectivity index is 2.03. The molecule has 0 aliphatic heterocycles. The first-order valence-electron chi connectivity index (χ1n) is 6.45. The van der Waals surface area contributed by atoms with Gasteiger partial charge in [0.2, 0.25) is 0 Å². The lowest BCUT2D eigenvalue weighted by molar-refractivity contribution is 0.580. The Labute approximate surface area is 124 Å². The summed E-state index contributed by atoms with van der Waals surface area (Å²) in [6, 6.07) is 5.48. The maximum absolute atomic E-state index is 13.2. The van der Waals surface area contributed by atoms with E-state index in [4.69, 9.17) is 0 Å². The van der Waals surface area contributed by atoms with Gasteiger partial charge in [0, 0.05) is 24.4 Å². The number of fused-ring (bicyclic) bond motifs is 1. The molecule has 21 heavy (non-hydrogen) atoms. The predicted octanol–water partition coefficient (Wildman–Crippen LogP) is 3.91. The molecule has 0 aliphatic rings. The Morgan fingerprint density at radius 1 is 1.10 bits per heavy atom. The highest BCUT2D eigenvalue weighted by molar-refractivity contribution is 7.18. The Kier molecular flexibility index (Phi) is 3.55. The van der Waals surface area contributed by atoms with Crippen LogP contribution in [0.3, 0.4) is 0 Å². The molecule has 0 saturated heterocycles. The fraction of sp³-hybridized carbons (Fsp3) is 0.200. The molecule has 2 heterocycles. The first kappa shape index (κ1) is 13.9. The SMILES string of the molecule is CNc1nc(Cc2cc(F)cc(F)c2)nc2sc(C)cc12. The van der Waals surface area contributed by atoms with Gasteiger partial charge in [0.1, 0.15) is 28.1 Å². The van der Waals surface area contributed by atoms with Gasteiger partial charge in [0.25, 0.3) is 0 Å².